The third-order valence-corrected chi connectivity index (χ3v) is 5.61. The van der Waals surface area contributed by atoms with Gasteiger partial charge in [0.2, 0.25) is 0 Å². The van der Waals surface area contributed by atoms with Gasteiger partial charge < -0.3 is 14.4 Å². The van der Waals surface area contributed by atoms with Gasteiger partial charge in [-0.15, -0.1) is 0 Å². The zero-order valence-electron chi connectivity index (χ0n) is 16.4. The van der Waals surface area contributed by atoms with Crippen LogP contribution in [0.4, 0.5) is 13.2 Å². The van der Waals surface area contributed by atoms with Crippen molar-refractivity contribution < 1.29 is 22.6 Å². The number of piperidine rings is 1. The fourth-order valence-electron chi connectivity index (χ4n) is 3.31. The van der Waals surface area contributed by atoms with Crippen LogP contribution in [0.2, 0.25) is 5.02 Å². The summed E-state index contributed by atoms with van der Waals surface area (Å²) in [4.78, 5) is 2.32. The van der Waals surface area contributed by atoms with E-state index in [0.29, 0.717) is 23.8 Å². The van der Waals surface area contributed by atoms with Crippen molar-refractivity contribution in [1.29, 1.82) is 0 Å². The molecule has 1 aliphatic heterocycles. The first-order chi connectivity index (χ1) is 14.3. The normalized spacial score (nSPS) is 17.1. The van der Waals surface area contributed by atoms with Crippen LogP contribution in [0.3, 0.4) is 0 Å². The third kappa shape index (κ3) is 7.34. The number of benzene rings is 2. The Bertz CT molecular complexity index is 776. The Morgan fingerprint density at radius 1 is 1.00 bits per heavy atom. The summed E-state index contributed by atoms with van der Waals surface area (Å²) in [5, 5.41) is 0.650. The molecule has 2 aromatic carbocycles. The lowest BCUT2D eigenvalue weighted by Crippen LogP contribution is -2.38. The minimum absolute atomic E-state index is 0.112. The zero-order valence-corrected chi connectivity index (χ0v) is 17.9. The van der Waals surface area contributed by atoms with Gasteiger partial charge in [-0.05, 0) is 54.8 Å². The van der Waals surface area contributed by atoms with Crippen molar-refractivity contribution in [3.05, 3.63) is 64.7 Å². The van der Waals surface area contributed by atoms with Crippen molar-refractivity contribution in [3.8, 4) is 5.75 Å². The van der Waals surface area contributed by atoms with E-state index in [1.807, 2.05) is 0 Å². The van der Waals surface area contributed by atoms with E-state index in [0.717, 1.165) is 50.2 Å². The van der Waals surface area contributed by atoms with Crippen molar-refractivity contribution in [2.45, 2.75) is 43.7 Å². The number of alkyl halides is 4. The molecule has 1 atom stereocenters. The maximum atomic E-state index is 12.6. The van der Waals surface area contributed by atoms with E-state index in [9.17, 15) is 13.2 Å². The van der Waals surface area contributed by atoms with Gasteiger partial charge >= 0.3 is 6.18 Å². The Morgan fingerprint density at radius 2 is 1.63 bits per heavy atom. The summed E-state index contributed by atoms with van der Waals surface area (Å²) in [6.45, 7) is 2.93. The number of rotatable bonds is 8. The van der Waals surface area contributed by atoms with E-state index in [4.69, 9.17) is 32.7 Å². The first kappa shape index (κ1) is 23.2. The molecule has 0 radical (unpaired) electrons. The van der Waals surface area contributed by atoms with Crippen molar-refractivity contribution >= 4 is 23.2 Å². The number of hydrogen-bond donors (Lipinski definition) is 0. The highest BCUT2D eigenvalue weighted by molar-refractivity contribution is 6.30. The van der Waals surface area contributed by atoms with E-state index in [-0.39, 0.29) is 6.10 Å². The zero-order chi connectivity index (χ0) is 21.6. The molecule has 3 nitrogen and oxygen atoms in total. The molecule has 1 heterocycles. The van der Waals surface area contributed by atoms with E-state index >= 15 is 0 Å². The van der Waals surface area contributed by atoms with Gasteiger partial charge in [0.15, 0.2) is 5.56 Å². The molecule has 3 rings (SSSR count). The van der Waals surface area contributed by atoms with Crippen LogP contribution in [-0.4, -0.2) is 36.2 Å². The Hall–Kier alpha value is -1.47. The summed E-state index contributed by atoms with van der Waals surface area (Å²) >= 11 is 12.1. The van der Waals surface area contributed by atoms with Gasteiger partial charge in [-0.2, -0.15) is 13.2 Å². The van der Waals surface area contributed by atoms with Crippen LogP contribution in [0.15, 0.2) is 48.5 Å². The van der Waals surface area contributed by atoms with Gasteiger partial charge in [-0.3, -0.25) is 0 Å². The van der Waals surface area contributed by atoms with Gasteiger partial charge in [-0.25, -0.2) is 0 Å². The quantitative estimate of drug-likeness (QED) is 0.426. The van der Waals surface area contributed by atoms with Gasteiger partial charge in [-0.1, -0.05) is 35.3 Å². The van der Waals surface area contributed by atoms with Crippen molar-refractivity contribution in [2.75, 3.05) is 19.6 Å². The van der Waals surface area contributed by atoms with Crippen LogP contribution in [0, 0.1) is 0 Å². The molecule has 30 heavy (non-hydrogen) atoms. The van der Waals surface area contributed by atoms with Gasteiger partial charge in [0.1, 0.15) is 5.75 Å². The highest BCUT2D eigenvalue weighted by Crippen LogP contribution is 2.29. The van der Waals surface area contributed by atoms with E-state index in [1.54, 1.807) is 24.3 Å². The second kappa shape index (κ2) is 10.7. The SMILES string of the molecule is FC(F)(F)c1ccc(COC2CCN(CCC(Cl)Oc3ccc(Cl)cc3)CC2)cc1. The second-order valence-corrected chi connectivity index (χ2v) is 8.24. The number of likely N-dealkylation sites (tertiary alicyclic amines) is 1. The second-order valence-electron chi connectivity index (χ2n) is 7.32. The number of halogens is 5. The summed E-state index contributed by atoms with van der Waals surface area (Å²) in [5.41, 5.74) is -0.313. The Labute approximate surface area is 184 Å². The summed E-state index contributed by atoms with van der Waals surface area (Å²) in [6.07, 6.45) is -1.74. The largest absolute Gasteiger partial charge is 0.475 e. The van der Waals surface area contributed by atoms with E-state index in [2.05, 4.69) is 4.90 Å². The molecule has 2 aromatic rings. The molecular weight excluding hydrogens is 438 g/mol. The Balaban J connectivity index is 1.33. The summed E-state index contributed by atoms with van der Waals surface area (Å²) < 4.78 is 49.4. The molecule has 164 valence electrons. The highest BCUT2D eigenvalue weighted by atomic mass is 35.5. The maximum absolute atomic E-state index is 12.6. The van der Waals surface area contributed by atoms with Crippen LogP contribution < -0.4 is 4.74 Å². The van der Waals surface area contributed by atoms with Crippen LogP contribution in [-0.2, 0) is 17.5 Å². The predicted octanol–water partition coefficient (Wildman–Crippen LogP) is 6.37. The molecule has 1 unspecified atom stereocenters. The topological polar surface area (TPSA) is 21.7 Å². The van der Waals surface area contributed by atoms with Crippen LogP contribution in [0.5, 0.6) is 5.75 Å². The molecule has 1 aliphatic rings. The average Bonchev–Trinajstić information content (AvgIpc) is 2.73. The van der Waals surface area contributed by atoms with Crippen molar-refractivity contribution in [3.63, 3.8) is 0 Å². The van der Waals surface area contributed by atoms with E-state index < -0.39 is 17.3 Å². The molecule has 0 bridgehead atoms. The summed E-state index contributed by atoms with van der Waals surface area (Å²) in [5.74, 6) is 0.690. The maximum Gasteiger partial charge on any atom is 0.416 e. The summed E-state index contributed by atoms with van der Waals surface area (Å²) in [7, 11) is 0. The number of hydrogen-bond acceptors (Lipinski definition) is 3. The number of ether oxygens (including phenoxy) is 2. The molecule has 1 fully saturated rings. The summed E-state index contributed by atoms with van der Waals surface area (Å²) in [6, 6.07) is 12.2. The molecule has 0 aliphatic carbocycles. The van der Waals surface area contributed by atoms with Crippen LogP contribution in [0.1, 0.15) is 30.4 Å². The lowest BCUT2D eigenvalue weighted by molar-refractivity contribution is -0.137. The Morgan fingerprint density at radius 3 is 2.23 bits per heavy atom. The van der Waals surface area contributed by atoms with Gasteiger partial charge in [0.05, 0.1) is 18.3 Å². The standard InChI is InChI=1S/C22H24Cl2F3NO2/c23-18-5-7-20(8-6-18)30-21(24)11-14-28-12-9-19(10-13-28)29-15-16-1-3-17(4-2-16)22(25,26)27/h1-8,19,21H,9-15H2. The number of nitrogens with zero attached hydrogens (tertiary/aromatic N) is 1. The average molecular weight is 462 g/mol. The molecule has 0 saturated carbocycles. The predicted molar refractivity (Wildman–Crippen MR) is 112 cm³/mol. The monoisotopic (exact) mass is 461 g/mol. The molecule has 1 saturated heterocycles. The van der Waals surface area contributed by atoms with E-state index in [1.165, 1.54) is 12.1 Å². The van der Waals surface area contributed by atoms with Crippen molar-refractivity contribution in [1.82, 2.24) is 4.90 Å². The molecule has 0 N–H and O–H groups in total. The first-order valence-corrected chi connectivity index (χ1v) is 10.7. The first-order valence-electron chi connectivity index (χ1n) is 9.86. The smallest absolute Gasteiger partial charge is 0.416 e. The lowest BCUT2D eigenvalue weighted by Gasteiger charge is -2.32. The van der Waals surface area contributed by atoms with Crippen LogP contribution >= 0.6 is 23.2 Å². The van der Waals surface area contributed by atoms with Gasteiger partial charge in [0.25, 0.3) is 0 Å². The molecule has 0 amide bonds. The molecule has 8 heteroatoms. The fraction of sp³-hybridized carbons (Fsp3) is 0.455. The molecular formula is C22H24Cl2F3NO2. The minimum atomic E-state index is -4.31. The molecule has 0 spiro atoms. The fourth-order valence-corrected chi connectivity index (χ4v) is 3.63. The molecule has 0 aromatic heterocycles. The lowest BCUT2D eigenvalue weighted by atomic mass is 10.1. The Kier molecular flexibility index (Phi) is 8.28. The highest BCUT2D eigenvalue weighted by Gasteiger charge is 2.30. The van der Waals surface area contributed by atoms with Crippen LogP contribution in [0.25, 0.3) is 0 Å². The third-order valence-electron chi connectivity index (χ3n) is 5.05. The minimum Gasteiger partial charge on any atom is -0.475 e. The van der Waals surface area contributed by atoms with Gasteiger partial charge in [0, 0.05) is 31.1 Å². The van der Waals surface area contributed by atoms with Crippen molar-refractivity contribution in [2.24, 2.45) is 0 Å².